The third kappa shape index (κ3) is 3.37. The van der Waals surface area contributed by atoms with E-state index in [1.54, 1.807) is 20.8 Å². The highest BCUT2D eigenvalue weighted by Gasteiger charge is 2.34. The predicted molar refractivity (Wildman–Crippen MR) is 61.9 cm³/mol. The van der Waals surface area contributed by atoms with Crippen molar-refractivity contribution in [2.24, 2.45) is 16.1 Å². The van der Waals surface area contributed by atoms with E-state index in [-0.39, 0.29) is 18.9 Å². The molecule has 0 radical (unpaired) electrons. The Kier molecular flexibility index (Phi) is 4.81. The largest absolute Gasteiger partial charge is 0.465 e. The molecule has 1 rings (SSSR count). The van der Waals surface area contributed by atoms with E-state index < -0.39 is 17.9 Å². The third-order valence-electron chi connectivity index (χ3n) is 2.21. The Morgan fingerprint density at radius 2 is 1.88 bits per heavy atom. The third-order valence-corrected chi connectivity index (χ3v) is 2.21. The molecular formula is C11H16N2O4. The van der Waals surface area contributed by atoms with Gasteiger partial charge in [-0.15, -0.1) is 5.10 Å². The van der Waals surface area contributed by atoms with Crippen molar-refractivity contribution in [1.82, 2.24) is 0 Å². The van der Waals surface area contributed by atoms with Crippen molar-refractivity contribution < 1.29 is 19.1 Å². The van der Waals surface area contributed by atoms with E-state index in [2.05, 4.69) is 10.2 Å². The van der Waals surface area contributed by atoms with Crippen LogP contribution in [0.1, 0.15) is 27.2 Å². The molecule has 6 nitrogen and oxygen atoms in total. The molecule has 1 aliphatic heterocycles. The van der Waals surface area contributed by atoms with Gasteiger partial charge in [-0.2, -0.15) is 5.10 Å². The number of esters is 2. The quantitative estimate of drug-likeness (QED) is 0.685. The van der Waals surface area contributed by atoms with Gasteiger partial charge in [-0.1, -0.05) is 0 Å². The Balaban J connectivity index is 2.88. The second-order valence-corrected chi connectivity index (χ2v) is 3.55. The van der Waals surface area contributed by atoms with Gasteiger partial charge in [0.25, 0.3) is 0 Å². The minimum atomic E-state index is -0.702. The van der Waals surface area contributed by atoms with Crippen LogP contribution in [-0.2, 0) is 19.1 Å². The molecule has 1 heterocycles. The van der Waals surface area contributed by atoms with E-state index in [1.165, 1.54) is 0 Å². The van der Waals surface area contributed by atoms with Crippen LogP contribution in [0.5, 0.6) is 0 Å². The Hall–Kier alpha value is -1.72. The van der Waals surface area contributed by atoms with Gasteiger partial charge in [0.15, 0.2) is 5.71 Å². The second-order valence-electron chi connectivity index (χ2n) is 3.55. The highest BCUT2D eigenvalue weighted by Crippen LogP contribution is 2.16. The van der Waals surface area contributed by atoms with Crippen LogP contribution >= 0.6 is 0 Å². The lowest BCUT2D eigenvalue weighted by Crippen LogP contribution is -2.36. The van der Waals surface area contributed by atoms with E-state index >= 15 is 0 Å². The lowest BCUT2D eigenvalue weighted by atomic mass is 9.96. The number of hydrogen-bond acceptors (Lipinski definition) is 6. The summed E-state index contributed by atoms with van der Waals surface area (Å²) in [5, 5.41) is 7.55. The first kappa shape index (κ1) is 13.3. The monoisotopic (exact) mass is 240 g/mol. The molecule has 1 atom stereocenters. The molecule has 0 N–H and O–H groups in total. The van der Waals surface area contributed by atoms with Crippen LogP contribution in [0.4, 0.5) is 0 Å². The van der Waals surface area contributed by atoms with Gasteiger partial charge in [0.05, 0.1) is 13.2 Å². The van der Waals surface area contributed by atoms with Crippen LogP contribution in [0.3, 0.4) is 0 Å². The fourth-order valence-corrected chi connectivity index (χ4v) is 1.47. The highest BCUT2D eigenvalue weighted by molar-refractivity contribution is 6.41. The zero-order valence-corrected chi connectivity index (χ0v) is 10.2. The molecular weight excluding hydrogens is 224 g/mol. The maximum Gasteiger partial charge on any atom is 0.355 e. The van der Waals surface area contributed by atoms with Crippen molar-refractivity contribution in [1.29, 1.82) is 0 Å². The Bertz CT molecular complexity index is 374. The summed E-state index contributed by atoms with van der Waals surface area (Å²) in [6.45, 7) is 5.65. The number of hydrogen-bond donors (Lipinski definition) is 0. The van der Waals surface area contributed by atoms with Crippen molar-refractivity contribution in [3.05, 3.63) is 0 Å². The van der Waals surface area contributed by atoms with Gasteiger partial charge in [0.1, 0.15) is 5.92 Å². The molecule has 17 heavy (non-hydrogen) atoms. The molecule has 0 aliphatic carbocycles. The van der Waals surface area contributed by atoms with Gasteiger partial charge in [0, 0.05) is 12.1 Å². The van der Waals surface area contributed by atoms with Crippen molar-refractivity contribution in [2.75, 3.05) is 13.2 Å². The average molecular weight is 240 g/mol. The zero-order chi connectivity index (χ0) is 12.8. The number of nitrogens with zero attached hydrogens (tertiary/aromatic N) is 2. The molecule has 0 aromatic carbocycles. The molecule has 0 bridgehead atoms. The number of ether oxygens (including phenoxy) is 2. The van der Waals surface area contributed by atoms with Gasteiger partial charge in [0.2, 0.25) is 0 Å². The summed E-state index contributed by atoms with van der Waals surface area (Å²) in [4.78, 5) is 23.3. The zero-order valence-electron chi connectivity index (χ0n) is 10.2. The highest BCUT2D eigenvalue weighted by atomic mass is 16.5. The standard InChI is InChI=1S/C11H16N2O4/c1-4-16-10(14)8-6-7(3)12-13-9(8)11(15)17-5-2/h8H,4-6H2,1-3H3. The average Bonchev–Trinajstić information content (AvgIpc) is 2.29. The summed E-state index contributed by atoms with van der Waals surface area (Å²) in [5.74, 6) is -1.78. The smallest absolute Gasteiger partial charge is 0.355 e. The van der Waals surface area contributed by atoms with Crippen LogP contribution in [0.15, 0.2) is 10.2 Å². The Labute approximate surface area is 99.7 Å². The Morgan fingerprint density at radius 3 is 2.47 bits per heavy atom. The molecule has 0 amide bonds. The molecule has 1 aliphatic rings. The van der Waals surface area contributed by atoms with Gasteiger partial charge < -0.3 is 9.47 Å². The molecule has 1 unspecified atom stereocenters. The minimum Gasteiger partial charge on any atom is -0.465 e. The molecule has 0 aromatic heterocycles. The van der Waals surface area contributed by atoms with E-state index in [4.69, 9.17) is 9.47 Å². The van der Waals surface area contributed by atoms with Crippen molar-refractivity contribution in [2.45, 2.75) is 27.2 Å². The fraction of sp³-hybridized carbons (Fsp3) is 0.636. The van der Waals surface area contributed by atoms with E-state index in [9.17, 15) is 9.59 Å². The van der Waals surface area contributed by atoms with Crippen molar-refractivity contribution in [3.8, 4) is 0 Å². The summed E-state index contributed by atoms with van der Waals surface area (Å²) >= 11 is 0. The molecule has 0 aromatic rings. The molecule has 0 saturated carbocycles. The maximum absolute atomic E-state index is 11.7. The number of carbonyl (C=O) groups excluding carboxylic acids is 2. The predicted octanol–water partition coefficient (Wildman–Crippen LogP) is 0.949. The second kappa shape index (κ2) is 6.12. The van der Waals surface area contributed by atoms with Crippen LogP contribution in [0.25, 0.3) is 0 Å². The van der Waals surface area contributed by atoms with Crippen LogP contribution in [0, 0.1) is 5.92 Å². The summed E-state index contributed by atoms with van der Waals surface area (Å²) in [6, 6.07) is 0. The summed E-state index contributed by atoms with van der Waals surface area (Å²) in [7, 11) is 0. The first-order valence-corrected chi connectivity index (χ1v) is 5.54. The van der Waals surface area contributed by atoms with Crippen LogP contribution < -0.4 is 0 Å². The van der Waals surface area contributed by atoms with Gasteiger partial charge in [-0.05, 0) is 20.8 Å². The molecule has 0 spiro atoms. The number of carbonyl (C=O) groups is 2. The van der Waals surface area contributed by atoms with Crippen molar-refractivity contribution in [3.63, 3.8) is 0 Å². The first-order chi connectivity index (χ1) is 8.10. The van der Waals surface area contributed by atoms with Crippen molar-refractivity contribution >= 4 is 23.4 Å². The fourth-order valence-electron chi connectivity index (χ4n) is 1.47. The van der Waals surface area contributed by atoms with E-state index in [0.29, 0.717) is 12.1 Å². The minimum absolute atomic E-state index is 0.0240. The Morgan fingerprint density at radius 1 is 1.24 bits per heavy atom. The molecule has 0 saturated heterocycles. The first-order valence-electron chi connectivity index (χ1n) is 5.54. The SMILES string of the molecule is CCOC(=O)C1=NN=C(C)CC1C(=O)OCC. The van der Waals surface area contributed by atoms with Gasteiger partial charge >= 0.3 is 11.9 Å². The normalized spacial score (nSPS) is 19.1. The van der Waals surface area contributed by atoms with Gasteiger partial charge in [-0.25, -0.2) is 4.79 Å². The topological polar surface area (TPSA) is 77.3 Å². The lowest BCUT2D eigenvalue weighted by molar-refractivity contribution is -0.147. The van der Waals surface area contributed by atoms with E-state index in [0.717, 1.165) is 0 Å². The molecule has 94 valence electrons. The molecule has 6 heteroatoms. The lowest BCUT2D eigenvalue weighted by Gasteiger charge is -2.18. The maximum atomic E-state index is 11.7. The number of rotatable bonds is 4. The summed E-state index contributed by atoms with van der Waals surface area (Å²) in [6.07, 6.45) is 0.344. The summed E-state index contributed by atoms with van der Waals surface area (Å²) < 4.78 is 9.73. The molecule has 0 fully saturated rings. The van der Waals surface area contributed by atoms with E-state index in [1.807, 2.05) is 0 Å². The van der Waals surface area contributed by atoms with Crippen LogP contribution in [0.2, 0.25) is 0 Å². The van der Waals surface area contributed by atoms with Gasteiger partial charge in [-0.3, -0.25) is 4.79 Å². The summed E-state index contributed by atoms with van der Waals surface area (Å²) in [5.41, 5.74) is 0.715. The van der Waals surface area contributed by atoms with Crippen LogP contribution in [-0.4, -0.2) is 36.6 Å².